The molecule has 128 valence electrons. The summed E-state index contributed by atoms with van der Waals surface area (Å²) in [6.07, 6.45) is 3.21. The van der Waals surface area contributed by atoms with Crippen molar-refractivity contribution < 1.29 is 9.53 Å². The zero-order chi connectivity index (χ0) is 17.2. The van der Waals surface area contributed by atoms with Crippen molar-refractivity contribution in [3.8, 4) is 5.75 Å². The number of nitrogens with one attached hydrogen (secondary N) is 1. The first-order chi connectivity index (χ1) is 11.7. The lowest BCUT2D eigenvalue weighted by atomic mass is 10.0. The molecule has 0 saturated carbocycles. The second-order valence-corrected chi connectivity index (χ2v) is 5.85. The van der Waals surface area contributed by atoms with Crippen LogP contribution in [0.1, 0.15) is 43.4 Å². The molecule has 2 aromatic carbocycles. The van der Waals surface area contributed by atoms with Crippen LogP contribution in [0.3, 0.4) is 0 Å². The van der Waals surface area contributed by atoms with Crippen LogP contribution < -0.4 is 10.1 Å². The number of hydrogen-bond acceptors (Lipinski definition) is 2. The first-order valence-electron chi connectivity index (χ1n) is 8.78. The number of ether oxygens (including phenoxy) is 1. The van der Waals surface area contributed by atoms with Gasteiger partial charge < -0.3 is 10.1 Å². The minimum atomic E-state index is 0.0793. The van der Waals surface area contributed by atoms with Gasteiger partial charge in [0.05, 0.1) is 6.61 Å². The SMILES string of the molecule is CCc1ccc(CC)c(CNC(=O)CCCOc2ccccc2)c1. The predicted molar refractivity (Wildman–Crippen MR) is 98.2 cm³/mol. The third kappa shape index (κ3) is 5.73. The summed E-state index contributed by atoms with van der Waals surface area (Å²) >= 11 is 0. The zero-order valence-electron chi connectivity index (χ0n) is 14.7. The van der Waals surface area contributed by atoms with Crippen molar-refractivity contribution in [2.75, 3.05) is 6.61 Å². The van der Waals surface area contributed by atoms with Gasteiger partial charge in [-0.15, -0.1) is 0 Å². The number of carbonyl (C=O) groups is 1. The normalized spacial score (nSPS) is 10.4. The fourth-order valence-electron chi connectivity index (χ4n) is 2.63. The second-order valence-electron chi connectivity index (χ2n) is 5.85. The monoisotopic (exact) mass is 325 g/mol. The van der Waals surface area contributed by atoms with Gasteiger partial charge in [0.1, 0.15) is 5.75 Å². The topological polar surface area (TPSA) is 38.3 Å². The van der Waals surface area contributed by atoms with Crippen LogP contribution in [-0.2, 0) is 24.2 Å². The summed E-state index contributed by atoms with van der Waals surface area (Å²) in [6.45, 7) is 5.46. The third-order valence-corrected chi connectivity index (χ3v) is 4.10. The Kier molecular flexibility index (Phi) is 7.34. The molecule has 0 aromatic heterocycles. The molecule has 0 radical (unpaired) electrons. The van der Waals surface area contributed by atoms with Crippen LogP contribution in [0.4, 0.5) is 0 Å². The van der Waals surface area contributed by atoms with Crippen molar-refractivity contribution in [3.05, 3.63) is 65.2 Å². The Hall–Kier alpha value is -2.29. The van der Waals surface area contributed by atoms with E-state index >= 15 is 0 Å². The van der Waals surface area contributed by atoms with Gasteiger partial charge in [-0.2, -0.15) is 0 Å². The molecule has 1 N–H and O–H groups in total. The van der Waals surface area contributed by atoms with Crippen molar-refractivity contribution in [1.29, 1.82) is 0 Å². The van der Waals surface area contributed by atoms with Gasteiger partial charge in [0, 0.05) is 13.0 Å². The maximum Gasteiger partial charge on any atom is 0.220 e. The predicted octanol–water partition coefficient (Wildman–Crippen LogP) is 4.29. The lowest BCUT2D eigenvalue weighted by molar-refractivity contribution is -0.121. The second kappa shape index (κ2) is 9.76. The highest BCUT2D eigenvalue weighted by atomic mass is 16.5. The number of aryl methyl sites for hydroxylation is 2. The quantitative estimate of drug-likeness (QED) is 0.699. The number of hydrogen-bond donors (Lipinski definition) is 1. The summed E-state index contributed by atoms with van der Waals surface area (Å²) in [6, 6.07) is 16.2. The molecular formula is C21H27NO2. The number of carbonyl (C=O) groups excluding carboxylic acids is 1. The lowest BCUT2D eigenvalue weighted by Gasteiger charge is -2.11. The Morgan fingerprint density at radius 2 is 1.79 bits per heavy atom. The molecule has 0 saturated heterocycles. The van der Waals surface area contributed by atoms with Crippen molar-refractivity contribution in [2.45, 2.75) is 46.1 Å². The van der Waals surface area contributed by atoms with Gasteiger partial charge in [-0.1, -0.05) is 50.2 Å². The highest BCUT2D eigenvalue weighted by Crippen LogP contribution is 2.14. The first-order valence-corrected chi connectivity index (χ1v) is 8.78. The zero-order valence-corrected chi connectivity index (χ0v) is 14.7. The van der Waals surface area contributed by atoms with E-state index in [0.29, 0.717) is 19.6 Å². The molecule has 2 aromatic rings. The molecule has 0 aliphatic carbocycles. The van der Waals surface area contributed by atoms with Gasteiger partial charge in [-0.25, -0.2) is 0 Å². The van der Waals surface area contributed by atoms with E-state index < -0.39 is 0 Å². The van der Waals surface area contributed by atoms with E-state index in [1.54, 1.807) is 0 Å². The van der Waals surface area contributed by atoms with Crippen LogP contribution >= 0.6 is 0 Å². The van der Waals surface area contributed by atoms with Crippen LogP contribution in [-0.4, -0.2) is 12.5 Å². The maximum atomic E-state index is 12.0. The maximum absolute atomic E-state index is 12.0. The molecule has 0 atom stereocenters. The number of amides is 1. The highest BCUT2D eigenvalue weighted by Gasteiger charge is 2.06. The smallest absolute Gasteiger partial charge is 0.220 e. The lowest BCUT2D eigenvalue weighted by Crippen LogP contribution is -2.23. The van der Waals surface area contributed by atoms with Gasteiger partial charge in [0.25, 0.3) is 0 Å². The Bertz CT molecular complexity index is 638. The summed E-state index contributed by atoms with van der Waals surface area (Å²) in [5.41, 5.74) is 3.85. The van der Waals surface area contributed by atoms with E-state index in [-0.39, 0.29) is 5.91 Å². The molecule has 0 aliphatic heterocycles. The molecule has 0 fully saturated rings. The molecule has 0 heterocycles. The number of para-hydroxylation sites is 1. The molecule has 0 spiro atoms. The van der Waals surface area contributed by atoms with Crippen LogP contribution in [0, 0.1) is 0 Å². The standard InChI is InChI=1S/C21H27NO2/c1-3-17-12-13-18(4-2)19(15-17)16-22-21(23)11-8-14-24-20-9-6-5-7-10-20/h5-7,9-10,12-13,15H,3-4,8,11,14,16H2,1-2H3,(H,22,23). The Labute approximate surface area is 145 Å². The Balaban J connectivity index is 1.73. The summed E-state index contributed by atoms with van der Waals surface area (Å²) in [5, 5.41) is 3.03. The molecule has 0 aliphatic rings. The minimum Gasteiger partial charge on any atom is -0.494 e. The molecule has 24 heavy (non-hydrogen) atoms. The number of benzene rings is 2. The van der Waals surface area contributed by atoms with Gasteiger partial charge in [-0.05, 0) is 48.1 Å². The van der Waals surface area contributed by atoms with Gasteiger partial charge >= 0.3 is 0 Å². The summed E-state index contributed by atoms with van der Waals surface area (Å²) in [5.74, 6) is 0.928. The molecule has 0 unspecified atom stereocenters. The average molecular weight is 325 g/mol. The van der Waals surface area contributed by atoms with Gasteiger partial charge in [-0.3, -0.25) is 4.79 Å². The molecular weight excluding hydrogens is 298 g/mol. The average Bonchev–Trinajstić information content (AvgIpc) is 2.64. The molecule has 0 bridgehead atoms. The van der Waals surface area contributed by atoms with E-state index in [4.69, 9.17) is 4.74 Å². The fourth-order valence-corrected chi connectivity index (χ4v) is 2.63. The summed E-state index contributed by atoms with van der Waals surface area (Å²) in [4.78, 5) is 12.0. The number of rotatable bonds is 9. The minimum absolute atomic E-state index is 0.0793. The van der Waals surface area contributed by atoms with E-state index in [1.165, 1.54) is 16.7 Å². The summed E-state index contributed by atoms with van der Waals surface area (Å²) < 4.78 is 5.61. The van der Waals surface area contributed by atoms with Crippen LogP contribution in [0.5, 0.6) is 5.75 Å². The van der Waals surface area contributed by atoms with E-state index in [9.17, 15) is 4.79 Å². The van der Waals surface area contributed by atoms with Crippen LogP contribution in [0.25, 0.3) is 0 Å². The van der Waals surface area contributed by atoms with E-state index in [2.05, 4.69) is 37.4 Å². The molecule has 1 amide bonds. The first kappa shape index (κ1) is 18.1. The van der Waals surface area contributed by atoms with E-state index in [0.717, 1.165) is 25.0 Å². The van der Waals surface area contributed by atoms with Crippen molar-refractivity contribution in [1.82, 2.24) is 5.32 Å². The Morgan fingerprint density at radius 1 is 1.00 bits per heavy atom. The molecule has 3 nitrogen and oxygen atoms in total. The highest BCUT2D eigenvalue weighted by molar-refractivity contribution is 5.75. The molecule has 2 rings (SSSR count). The van der Waals surface area contributed by atoms with Gasteiger partial charge in [0.2, 0.25) is 5.91 Å². The van der Waals surface area contributed by atoms with Crippen LogP contribution in [0.2, 0.25) is 0 Å². The van der Waals surface area contributed by atoms with Gasteiger partial charge in [0.15, 0.2) is 0 Å². The largest absolute Gasteiger partial charge is 0.494 e. The van der Waals surface area contributed by atoms with E-state index in [1.807, 2.05) is 30.3 Å². The van der Waals surface area contributed by atoms with Crippen molar-refractivity contribution in [3.63, 3.8) is 0 Å². The van der Waals surface area contributed by atoms with Crippen molar-refractivity contribution in [2.24, 2.45) is 0 Å². The fraction of sp³-hybridized carbons (Fsp3) is 0.381. The Morgan fingerprint density at radius 3 is 2.50 bits per heavy atom. The van der Waals surface area contributed by atoms with Crippen molar-refractivity contribution >= 4 is 5.91 Å². The summed E-state index contributed by atoms with van der Waals surface area (Å²) in [7, 11) is 0. The third-order valence-electron chi connectivity index (χ3n) is 4.10. The molecule has 3 heteroatoms. The van der Waals surface area contributed by atoms with Crippen LogP contribution in [0.15, 0.2) is 48.5 Å².